The molecular formula is C28H27N3O3. The number of carbonyl (C=O) groups is 2. The van der Waals surface area contributed by atoms with Gasteiger partial charge in [0.1, 0.15) is 12.4 Å². The molecule has 0 spiro atoms. The molecule has 0 bridgehead atoms. The summed E-state index contributed by atoms with van der Waals surface area (Å²) in [5.41, 5.74) is 2.34. The maximum absolute atomic E-state index is 12.9. The molecule has 1 unspecified atom stereocenters. The van der Waals surface area contributed by atoms with E-state index in [-0.39, 0.29) is 25.1 Å². The molecule has 0 aromatic heterocycles. The molecule has 4 aromatic carbocycles. The fourth-order valence-corrected chi connectivity index (χ4v) is 3.64. The van der Waals surface area contributed by atoms with Gasteiger partial charge in [-0.3, -0.25) is 4.79 Å². The molecular weight excluding hydrogens is 426 g/mol. The van der Waals surface area contributed by atoms with Crippen molar-refractivity contribution in [3.8, 4) is 5.75 Å². The van der Waals surface area contributed by atoms with Gasteiger partial charge in [0.25, 0.3) is 5.91 Å². The Hall–Kier alpha value is -4.32. The standard InChI is InChI=1S/C28H27N3O3/c1-20-9-7-14-24(17-20)34-19-23(18-29-27(32)22-11-3-2-4-12-22)30-28(33)31-26-16-8-13-21-10-5-6-15-25(21)26/h2-17,23H,18-19H2,1H3,(H,29,32)(H2,30,31,33). The molecule has 0 aliphatic rings. The normalized spacial score (nSPS) is 11.4. The molecule has 0 saturated carbocycles. The second-order valence-electron chi connectivity index (χ2n) is 8.03. The van der Waals surface area contributed by atoms with Gasteiger partial charge in [0.15, 0.2) is 0 Å². The summed E-state index contributed by atoms with van der Waals surface area (Å²) in [7, 11) is 0. The number of nitrogens with one attached hydrogen (secondary N) is 3. The van der Waals surface area contributed by atoms with Crippen molar-refractivity contribution in [2.75, 3.05) is 18.5 Å². The molecule has 6 heteroatoms. The van der Waals surface area contributed by atoms with Gasteiger partial charge in [-0.25, -0.2) is 4.79 Å². The monoisotopic (exact) mass is 453 g/mol. The zero-order valence-corrected chi connectivity index (χ0v) is 19.0. The van der Waals surface area contributed by atoms with Crippen LogP contribution in [0.5, 0.6) is 5.75 Å². The van der Waals surface area contributed by atoms with Crippen LogP contribution < -0.4 is 20.7 Å². The van der Waals surface area contributed by atoms with E-state index in [0.29, 0.717) is 17.0 Å². The van der Waals surface area contributed by atoms with Crippen LogP contribution in [-0.4, -0.2) is 31.1 Å². The molecule has 172 valence electrons. The third-order valence-electron chi connectivity index (χ3n) is 5.36. The van der Waals surface area contributed by atoms with Gasteiger partial charge in [-0.2, -0.15) is 0 Å². The third-order valence-corrected chi connectivity index (χ3v) is 5.36. The van der Waals surface area contributed by atoms with Crippen molar-refractivity contribution in [3.05, 3.63) is 108 Å². The van der Waals surface area contributed by atoms with Crippen molar-refractivity contribution in [1.29, 1.82) is 0 Å². The Morgan fingerprint density at radius 3 is 2.41 bits per heavy atom. The van der Waals surface area contributed by atoms with E-state index in [1.165, 1.54) is 0 Å². The summed E-state index contributed by atoms with van der Waals surface area (Å²) in [6.45, 7) is 2.39. The van der Waals surface area contributed by atoms with E-state index in [9.17, 15) is 9.59 Å². The van der Waals surface area contributed by atoms with E-state index < -0.39 is 6.04 Å². The number of ether oxygens (including phenoxy) is 1. The molecule has 0 saturated heterocycles. The molecule has 0 aliphatic carbocycles. The summed E-state index contributed by atoms with van der Waals surface area (Å²) in [4.78, 5) is 25.4. The Kier molecular flexibility index (Phi) is 7.40. The van der Waals surface area contributed by atoms with Crippen LogP contribution >= 0.6 is 0 Å². The van der Waals surface area contributed by atoms with Gasteiger partial charge in [-0.05, 0) is 48.2 Å². The lowest BCUT2D eigenvalue weighted by Crippen LogP contribution is -2.48. The van der Waals surface area contributed by atoms with Crippen LogP contribution in [0.2, 0.25) is 0 Å². The molecule has 0 fully saturated rings. The lowest BCUT2D eigenvalue weighted by molar-refractivity contribution is 0.0946. The maximum Gasteiger partial charge on any atom is 0.319 e. The van der Waals surface area contributed by atoms with Crippen molar-refractivity contribution in [2.45, 2.75) is 13.0 Å². The number of fused-ring (bicyclic) bond motifs is 1. The van der Waals surface area contributed by atoms with Gasteiger partial charge < -0.3 is 20.7 Å². The minimum atomic E-state index is -0.455. The molecule has 0 radical (unpaired) electrons. The highest BCUT2D eigenvalue weighted by Gasteiger charge is 2.16. The molecule has 34 heavy (non-hydrogen) atoms. The fourth-order valence-electron chi connectivity index (χ4n) is 3.64. The summed E-state index contributed by atoms with van der Waals surface area (Å²) >= 11 is 0. The Bertz CT molecular complexity index is 1270. The number of hydrogen-bond donors (Lipinski definition) is 3. The molecule has 3 amide bonds. The molecule has 4 rings (SSSR count). The summed E-state index contributed by atoms with van der Waals surface area (Å²) < 4.78 is 5.91. The largest absolute Gasteiger partial charge is 0.491 e. The number of hydrogen-bond acceptors (Lipinski definition) is 3. The molecule has 3 N–H and O–H groups in total. The molecule has 4 aromatic rings. The zero-order chi connectivity index (χ0) is 23.8. The number of benzene rings is 4. The highest BCUT2D eigenvalue weighted by Crippen LogP contribution is 2.22. The average Bonchev–Trinajstić information content (AvgIpc) is 2.86. The van der Waals surface area contributed by atoms with Gasteiger partial charge in [0.2, 0.25) is 0 Å². The smallest absolute Gasteiger partial charge is 0.319 e. The van der Waals surface area contributed by atoms with Gasteiger partial charge in [-0.1, -0.05) is 66.7 Å². The van der Waals surface area contributed by atoms with Gasteiger partial charge in [-0.15, -0.1) is 0 Å². The van der Waals surface area contributed by atoms with E-state index in [2.05, 4.69) is 16.0 Å². The Morgan fingerprint density at radius 2 is 1.59 bits per heavy atom. The highest BCUT2D eigenvalue weighted by atomic mass is 16.5. The van der Waals surface area contributed by atoms with Crippen LogP contribution in [-0.2, 0) is 0 Å². The lowest BCUT2D eigenvalue weighted by Gasteiger charge is -2.21. The first-order valence-electron chi connectivity index (χ1n) is 11.2. The average molecular weight is 454 g/mol. The minimum absolute atomic E-state index is 0.196. The van der Waals surface area contributed by atoms with E-state index in [1.54, 1.807) is 12.1 Å². The summed E-state index contributed by atoms with van der Waals surface area (Å²) in [6, 6.07) is 29.4. The first kappa shape index (κ1) is 22.9. The molecule has 6 nitrogen and oxygen atoms in total. The van der Waals surface area contributed by atoms with Crippen LogP contribution in [0.4, 0.5) is 10.5 Å². The zero-order valence-electron chi connectivity index (χ0n) is 19.0. The van der Waals surface area contributed by atoms with E-state index in [1.807, 2.05) is 91.9 Å². The second-order valence-corrected chi connectivity index (χ2v) is 8.03. The van der Waals surface area contributed by atoms with Crippen molar-refractivity contribution < 1.29 is 14.3 Å². The van der Waals surface area contributed by atoms with E-state index in [4.69, 9.17) is 4.74 Å². The second kappa shape index (κ2) is 11.0. The number of rotatable bonds is 8. The SMILES string of the molecule is Cc1cccc(OCC(CNC(=O)c2ccccc2)NC(=O)Nc2cccc3ccccc23)c1. The predicted molar refractivity (Wildman–Crippen MR) is 135 cm³/mol. The number of carbonyl (C=O) groups excluding carboxylic acids is 2. The summed E-state index contributed by atoms with van der Waals surface area (Å²) in [5, 5.41) is 10.7. The lowest BCUT2D eigenvalue weighted by atomic mass is 10.1. The van der Waals surface area contributed by atoms with Crippen LogP contribution in [0.1, 0.15) is 15.9 Å². The Balaban J connectivity index is 1.43. The number of amides is 3. The number of aryl methyl sites for hydroxylation is 1. The number of anilines is 1. The van der Waals surface area contributed by atoms with Crippen LogP contribution in [0.25, 0.3) is 10.8 Å². The third kappa shape index (κ3) is 6.13. The highest BCUT2D eigenvalue weighted by molar-refractivity contribution is 6.01. The van der Waals surface area contributed by atoms with Crippen molar-refractivity contribution in [2.24, 2.45) is 0 Å². The fraction of sp³-hybridized carbons (Fsp3) is 0.143. The first-order chi connectivity index (χ1) is 16.6. The number of urea groups is 1. The Labute approximate surface area is 199 Å². The van der Waals surface area contributed by atoms with Crippen molar-refractivity contribution in [1.82, 2.24) is 10.6 Å². The van der Waals surface area contributed by atoms with Crippen LogP contribution in [0.3, 0.4) is 0 Å². The van der Waals surface area contributed by atoms with Gasteiger partial charge >= 0.3 is 6.03 Å². The maximum atomic E-state index is 12.9. The van der Waals surface area contributed by atoms with Crippen LogP contribution in [0.15, 0.2) is 97.1 Å². The van der Waals surface area contributed by atoms with Crippen molar-refractivity contribution in [3.63, 3.8) is 0 Å². The summed E-state index contributed by atoms with van der Waals surface area (Å²) in [6.07, 6.45) is 0. The minimum Gasteiger partial charge on any atom is -0.491 e. The van der Waals surface area contributed by atoms with Crippen molar-refractivity contribution >= 4 is 28.4 Å². The molecule has 1 atom stereocenters. The molecule has 0 aliphatic heterocycles. The van der Waals surface area contributed by atoms with Crippen LogP contribution in [0, 0.1) is 6.92 Å². The van der Waals surface area contributed by atoms with E-state index >= 15 is 0 Å². The predicted octanol–water partition coefficient (Wildman–Crippen LogP) is 5.15. The topological polar surface area (TPSA) is 79.5 Å². The van der Waals surface area contributed by atoms with Gasteiger partial charge in [0, 0.05) is 17.5 Å². The van der Waals surface area contributed by atoms with Gasteiger partial charge in [0.05, 0.1) is 11.7 Å². The Morgan fingerprint density at radius 1 is 0.853 bits per heavy atom. The van der Waals surface area contributed by atoms with E-state index in [0.717, 1.165) is 16.3 Å². The quantitative estimate of drug-likeness (QED) is 0.345. The molecule has 0 heterocycles. The summed E-state index contributed by atoms with van der Waals surface area (Å²) in [5.74, 6) is 0.494. The first-order valence-corrected chi connectivity index (χ1v) is 11.2.